The molecule has 1 unspecified atom stereocenters. The zero-order chi connectivity index (χ0) is 26.4. The molecule has 0 N–H and O–H groups in total. The number of hydrogen-bond acceptors (Lipinski definition) is 6. The number of methoxy groups -OCH3 is 3. The molecule has 0 aromatic heterocycles. The first-order valence-corrected chi connectivity index (χ1v) is 17.2. The van der Waals surface area contributed by atoms with Crippen LogP contribution in [-0.4, -0.2) is 53.8 Å². The Bertz CT molecular complexity index is 1140. The fourth-order valence-electron chi connectivity index (χ4n) is 3.47. The van der Waals surface area contributed by atoms with Crippen LogP contribution in [0.15, 0.2) is 59.1 Å². The lowest BCUT2D eigenvalue weighted by Crippen LogP contribution is -2.40. The van der Waals surface area contributed by atoms with Crippen molar-refractivity contribution in [2.75, 3.05) is 27.1 Å². The van der Waals surface area contributed by atoms with Gasteiger partial charge in [-0.1, -0.05) is 60.3 Å². The van der Waals surface area contributed by atoms with E-state index in [1.165, 1.54) is 25.6 Å². The number of carbonyl (C=O) groups excluding carboxylic acids is 1. The summed E-state index contributed by atoms with van der Waals surface area (Å²) >= 11 is 3.52. The van der Waals surface area contributed by atoms with E-state index in [2.05, 4.69) is 42.1 Å². The number of halogens is 1. The first-order chi connectivity index (χ1) is 16.3. The minimum absolute atomic E-state index is 0.00793. The molecule has 0 aliphatic heterocycles. The topological polar surface area (TPSA) is 82.1 Å². The minimum atomic E-state index is -3.85. The summed E-state index contributed by atoms with van der Waals surface area (Å²) < 4.78 is 45.7. The van der Waals surface area contributed by atoms with Crippen molar-refractivity contribution >= 4 is 40.0 Å². The van der Waals surface area contributed by atoms with E-state index in [0.717, 1.165) is 10.0 Å². The highest BCUT2D eigenvalue weighted by Gasteiger charge is 2.37. The van der Waals surface area contributed by atoms with Crippen molar-refractivity contribution in [1.82, 2.24) is 4.31 Å². The van der Waals surface area contributed by atoms with Gasteiger partial charge in [0.05, 0.1) is 38.7 Å². The molecule has 192 valence electrons. The van der Waals surface area contributed by atoms with Crippen molar-refractivity contribution < 1.29 is 27.4 Å². The molecule has 10 heteroatoms. The van der Waals surface area contributed by atoms with Gasteiger partial charge in [-0.15, -0.1) is 0 Å². The summed E-state index contributed by atoms with van der Waals surface area (Å²) in [6.07, 6.45) is 0. The van der Waals surface area contributed by atoms with Crippen LogP contribution in [0.4, 0.5) is 0 Å². The maximum Gasteiger partial charge on any atom is 0.335 e. The third-order valence-electron chi connectivity index (χ3n) is 5.51. The second-order valence-electron chi connectivity index (χ2n) is 9.33. The lowest BCUT2D eigenvalue weighted by molar-refractivity contribution is -0.136. The summed E-state index contributed by atoms with van der Waals surface area (Å²) in [5, 5.41) is 0. The predicted molar refractivity (Wildman–Crippen MR) is 145 cm³/mol. The summed E-state index contributed by atoms with van der Waals surface area (Å²) in [6, 6.07) is 12.0. The Morgan fingerprint density at radius 2 is 1.63 bits per heavy atom. The largest absolute Gasteiger partial charge is 0.497 e. The molecule has 0 heterocycles. The minimum Gasteiger partial charge on any atom is -0.497 e. The summed E-state index contributed by atoms with van der Waals surface area (Å²) in [4.78, 5) is 12.7. The zero-order valence-electron chi connectivity index (χ0n) is 21.1. The molecular weight excluding hydrogens is 550 g/mol. The third-order valence-corrected chi connectivity index (χ3v) is 10.2. The average molecular weight is 585 g/mol. The fourth-order valence-corrected chi connectivity index (χ4v) is 8.50. The van der Waals surface area contributed by atoms with Crippen molar-refractivity contribution in [3.63, 3.8) is 0 Å². The molecule has 0 aliphatic rings. The second-order valence-corrected chi connectivity index (χ2v) is 17.8. The maximum atomic E-state index is 13.9. The Hall–Kier alpha value is -2.14. The quantitative estimate of drug-likeness (QED) is 0.189. The molecule has 0 bridgehead atoms. The van der Waals surface area contributed by atoms with Crippen molar-refractivity contribution in [2.24, 2.45) is 0 Å². The summed E-state index contributed by atoms with van der Waals surface area (Å²) in [6.45, 7) is 10.3. The monoisotopic (exact) mass is 583 g/mol. The fraction of sp³-hybridized carbons (Fsp3) is 0.400. The normalized spacial score (nSPS) is 12.8. The van der Waals surface area contributed by atoms with E-state index >= 15 is 0 Å². The van der Waals surface area contributed by atoms with Gasteiger partial charge in [-0.05, 0) is 35.4 Å². The van der Waals surface area contributed by atoms with E-state index in [9.17, 15) is 13.2 Å². The molecule has 0 aliphatic carbocycles. The molecule has 0 spiro atoms. The molecule has 0 amide bonds. The van der Waals surface area contributed by atoms with E-state index in [4.69, 9.17) is 14.2 Å². The molecule has 0 radical (unpaired) electrons. The zero-order valence-corrected chi connectivity index (χ0v) is 24.5. The molecule has 2 rings (SSSR count). The molecule has 1 atom stereocenters. The Morgan fingerprint density at radius 1 is 1.06 bits per heavy atom. The molecule has 35 heavy (non-hydrogen) atoms. The Balaban J connectivity index is 2.76. The van der Waals surface area contributed by atoms with Crippen LogP contribution in [0.25, 0.3) is 0 Å². The third kappa shape index (κ3) is 7.93. The molecule has 2 aromatic carbocycles. The molecule has 7 nitrogen and oxygen atoms in total. The van der Waals surface area contributed by atoms with Crippen LogP contribution in [-0.2, 0) is 26.1 Å². The smallest absolute Gasteiger partial charge is 0.335 e. The first-order valence-electron chi connectivity index (χ1n) is 11.1. The Labute approximate surface area is 218 Å². The van der Waals surface area contributed by atoms with Crippen molar-refractivity contribution in [3.8, 4) is 11.5 Å². The number of esters is 1. The van der Waals surface area contributed by atoms with Gasteiger partial charge in [0, 0.05) is 25.2 Å². The van der Waals surface area contributed by atoms with E-state index < -0.39 is 30.1 Å². The van der Waals surface area contributed by atoms with Gasteiger partial charge in [0.15, 0.2) is 0 Å². The van der Waals surface area contributed by atoms with Crippen molar-refractivity contribution in [3.05, 3.63) is 70.2 Å². The van der Waals surface area contributed by atoms with Crippen LogP contribution in [0.1, 0.15) is 17.2 Å². The lowest BCUT2D eigenvalue weighted by Gasteiger charge is -2.33. The summed E-state index contributed by atoms with van der Waals surface area (Å²) in [5.41, 5.74) is 1.23. The highest BCUT2D eigenvalue weighted by molar-refractivity contribution is 9.10. The number of hydrogen-bond donors (Lipinski definition) is 0. The molecule has 0 saturated carbocycles. The van der Waals surface area contributed by atoms with Crippen LogP contribution in [0, 0.1) is 0 Å². The molecule has 2 aromatic rings. The molecule has 0 saturated heterocycles. The van der Waals surface area contributed by atoms with Crippen LogP contribution in [0.5, 0.6) is 11.5 Å². The summed E-state index contributed by atoms with van der Waals surface area (Å²) in [5.74, 6) is 0.179. The number of rotatable bonds is 12. The van der Waals surface area contributed by atoms with Gasteiger partial charge in [-0.2, -0.15) is 4.31 Å². The first kappa shape index (κ1) is 29.1. The highest BCUT2D eigenvalue weighted by atomic mass is 79.9. The van der Waals surface area contributed by atoms with E-state index in [-0.39, 0.29) is 17.9 Å². The van der Waals surface area contributed by atoms with Gasteiger partial charge < -0.3 is 14.2 Å². The molecular formula is C25H34BrNO6SSi. The van der Waals surface area contributed by atoms with Crippen LogP contribution in [0.2, 0.25) is 25.7 Å². The van der Waals surface area contributed by atoms with E-state index in [0.29, 0.717) is 23.1 Å². The number of sulfonamides is 1. The second kappa shape index (κ2) is 12.2. The van der Waals surface area contributed by atoms with Crippen LogP contribution in [0.3, 0.4) is 0 Å². The standard InChI is InChI=1S/C25H34BrNO6SSi/c1-18(25(28)33-4)24(20-14-21(31-2)16-22(15-20)32-3)27(17-19-10-8-9-11-23(19)26)34(29,30)12-13-35(5,6)7/h8-11,14-16,24H,1,12-13,17H2,2-7H3. The van der Waals surface area contributed by atoms with Gasteiger partial charge in [0.1, 0.15) is 11.5 Å². The summed E-state index contributed by atoms with van der Waals surface area (Å²) in [7, 11) is -1.27. The van der Waals surface area contributed by atoms with Gasteiger partial charge in [0.2, 0.25) is 10.0 Å². The number of benzene rings is 2. The number of carbonyl (C=O) groups is 1. The van der Waals surface area contributed by atoms with Gasteiger partial charge >= 0.3 is 5.97 Å². The Morgan fingerprint density at radius 3 is 2.11 bits per heavy atom. The Kier molecular flexibility index (Phi) is 10.1. The van der Waals surface area contributed by atoms with Gasteiger partial charge in [0.25, 0.3) is 0 Å². The highest BCUT2D eigenvalue weighted by Crippen LogP contribution is 2.37. The average Bonchev–Trinajstić information content (AvgIpc) is 2.82. The van der Waals surface area contributed by atoms with Crippen molar-refractivity contribution in [2.45, 2.75) is 38.3 Å². The molecule has 0 fully saturated rings. The SMILES string of the molecule is C=C(C(=O)OC)C(c1cc(OC)cc(OC)c1)N(Cc1ccccc1Br)S(=O)(=O)CC[Si](C)(C)C. The predicted octanol–water partition coefficient (Wildman–Crippen LogP) is 5.41. The van der Waals surface area contributed by atoms with Crippen LogP contribution >= 0.6 is 15.9 Å². The van der Waals surface area contributed by atoms with Crippen molar-refractivity contribution in [1.29, 1.82) is 0 Å². The number of ether oxygens (including phenoxy) is 3. The number of nitrogens with zero attached hydrogens (tertiary/aromatic N) is 1. The van der Waals surface area contributed by atoms with Crippen LogP contribution < -0.4 is 9.47 Å². The van der Waals surface area contributed by atoms with E-state index in [1.54, 1.807) is 18.2 Å². The van der Waals surface area contributed by atoms with Gasteiger partial charge in [-0.25, -0.2) is 13.2 Å². The van der Waals surface area contributed by atoms with E-state index in [1.807, 2.05) is 24.3 Å². The maximum absolute atomic E-state index is 13.9. The van der Waals surface area contributed by atoms with Gasteiger partial charge in [-0.3, -0.25) is 0 Å². The lowest BCUT2D eigenvalue weighted by atomic mass is 9.98.